The summed E-state index contributed by atoms with van der Waals surface area (Å²) in [6.07, 6.45) is 0. The zero-order valence-electron chi connectivity index (χ0n) is 9.26. The Hall–Kier alpha value is -1.11. The molecule has 0 spiro atoms. The summed E-state index contributed by atoms with van der Waals surface area (Å²) in [7, 11) is -3.69. The molecule has 17 heavy (non-hydrogen) atoms. The molecule has 0 saturated carbocycles. The van der Waals surface area contributed by atoms with E-state index in [1.165, 1.54) is 24.3 Å². The van der Waals surface area contributed by atoms with Crippen LogP contribution in [0.15, 0.2) is 29.2 Å². The Morgan fingerprint density at radius 1 is 1.35 bits per heavy atom. The molecule has 0 aliphatic heterocycles. The summed E-state index contributed by atoms with van der Waals surface area (Å²) >= 11 is 5.68. The van der Waals surface area contributed by atoms with Gasteiger partial charge in [0.15, 0.2) is 0 Å². The molecule has 0 saturated heterocycles. The van der Waals surface area contributed by atoms with E-state index >= 15 is 0 Å². The Balaban J connectivity index is 3.08. The van der Waals surface area contributed by atoms with Crippen molar-refractivity contribution in [1.29, 1.82) is 0 Å². The van der Waals surface area contributed by atoms with Crippen molar-refractivity contribution in [3.8, 4) is 0 Å². The predicted octanol–water partition coefficient (Wildman–Crippen LogP) is 0.836. The number of hydrogen-bond donors (Lipinski definition) is 1. The van der Waals surface area contributed by atoms with E-state index in [-0.39, 0.29) is 18.0 Å². The van der Waals surface area contributed by atoms with Gasteiger partial charge in [-0.3, -0.25) is 4.79 Å². The van der Waals surface area contributed by atoms with Crippen molar-refractivity contribution in [3.05, 3.63) is 29.3 Å². The van der Waals surface area contributed by atoms with Gasteiger partial charge < -0.3 is 5.73 Å². The van der Waals surface area contributed by atoms with Gasteiger partial charge in [0.05, 0.1) is 11.4 Å². The molecule has 0 aliphatic rings. The van der Waals surface area contributed by atoms with Crippen LogP contribution in [-0.2, 0) is 14.8 Å². The quantitative estimate of drug-likeness (QED) is 0.865. The summed E-state index contributed by atoms with van der Waals surface area (Å²) in [6.45, 7) is 1.48. The third-order valence-corrected chi connectivity index (χ3v) is 4.32. The van der Waals surface area contributed by atoms with Crippen molar-refractivity contribution < 1.29 is 13.2 Å². The van der Waals surface area contributed by atoms with E-state index in [1.54, 1.807) is 6.92 Å². The number of carbonyl (C=O) groups excluding carboxylic acids is 1. The number of primary amides is 1. The van der Waals surface area contributed by atoms with E-state index in [2.05, 4.69) is 0 Å². The maximum Gasteiger partial charge on any atom is 0.243 e. The summed E-state index contributed by atoms with van der Waals surface area (Å²) in [5, 5.41) is 0.446. The van der Waals surface area contributed by atoms with Gasteiger partial charge in [0.2, 0.25) is 15.9 Å². The molecule has 0 radical (unpaired) electrons. The standard InChI is InChI=1S/C10H13ClN2O3S/c1-2-13(7-10(12)14)17(15,16)9-5-3-8(11)4-6-9/h3-6H,2,7H2,1H3,(H2,12,14). The normalized spacial score (nSPS) is 11.7. The topological polar surface area (TPSA) is 80.5 Å². The van der Waals surface area contributed by atoms with Gasteiger partial charge in [-0.1, -0.05) is 18.5 Å². The van der Waals surface area contributed by atoms with Gasteiger partial charge in [-0.25, -0.2) is 8.42 Å². The Labute approximate surface area is 105 Å². The van der Waals surface area contributed by atoms with Gasteiger partial charge in [-0.15, -0.1) is 0 Å². The molecule has 0 bridgehead atoms. The minimum atomic E-state index is -3.69. The van der Waals surface area contributed by atoms with Gasteiger partial charge in [0.25, 0.3) is 0 Å². The van der Waals surface area contributed by atoms with Gasteiger partial charge >= 0.3 is 0 Å². The molecule has 1 amide bonds. The summed E-state index contributed by atoms with van der Waals surface area (Å²) in [4.78, 5) is 10.9. The number of benzene rings is 1. The minimum absolute atomic E-state index is 0.0880. The van der Waals surface area contributed by atoms with Crippen LogP contribution in [0, 0.1) is 0 Å². The number of likely N-dealkylation sites (N-methyl/N-ethyl adjacent to an activating group) is 1. The van der Waals surface area contributed by atoms with Crippen LogP contribution in [0.5, 0.6) is 0 Å². The average molecular weight is 277 g/mol. The third-order valence-electron chi connectivity index (χ3n) is 2.14. The second-order valence-corrected chi connectivity index (χ2v) is 5.73. The monoisotopic (exact) mass is 276 g/mol. The van der Waals surface area contributed by atoms with Crippen molar-refractivity contribution in [3.63, 3.8) is 0 Å². The first-order chi connectivity index (χ1) is 7.87. The molecule has 0 unspecified atom stereocenters. The first-order valence-corrected chi connectivity index (χ1v) is 6.73. The minimum Gasteiger partial charge on any atom is -0.369 e. The molecule has 0 fully saturated rings. The van der Waals surface area contributed by atoms with E-state index < -0.39 is 15.9 Å². The Kier molecular flexibility index (Phi) is 4.50. The Morgan fingerprint density at radius 2 is 1.88 bits per heavy atom. The molecule has 0 aromatic heterocycles. The first-order valence-electron chi connectivity index (χ1n) is 4.92. The van der Waals surface area contributed by atoms with Crippen LogP contribution >= 0.6 is 11.6 Å². The zero-order chi connectivity index (χ0) is 13.1. The molecule has 0 heterocycles. The average Bonchev–Trinajstić information content (AvgIpc) is 2.26. The van der Waals surface area contributed by atoms with Crippen LogP contribution in [0.3, 0.4) is 0 Å². The fourth-order valence-corrected chi connectivity index (χ4v) is 2.84. The van der Waals surface area contributed by atoms with Gasteiger partial charge in [0, 0.05) is 11.6 Å². The maximum absolute atomic E-state index is 12.1. The highest BCUT2D eigenvalue weighted by molar-refractivity contribution is 7.89. The predicted molar refractivity (Wildman–Crippen MR) is 65.1 cm³/mol. The molecule has 2 N–H and O–H groups in total. The zero-order valence-corrected chi connectivity index (χ0v) is 10.8. The molecule has 0 aliphatic carbocycles. The molecule has 94 valence electrons. The van der Waals surface area contributed by atoms with E-state index in [0.717, 1.165) is 4.31 Å². The Morgan fingerprint density at radius 3 is 2.29 bits per heavy atom. The maximum atomic E-state index is 12.1. The summed E-state index contributed by atoms with van der Waals surface area (Å²) in [5.74, 6) is -0.690. The Bertz CT molecular complexity index is 499. The van der Waals surface area contributed by atoms with Gasteiger partial charge in [0.1, 0.15) is 0 Å². The highest BCUT2D eigenvalue weighted by Gasteiger charge is 2.24. The van der Waals surface area contributed by atoms with Crippen molar-refractivity contribution in [2.45, 2.75) is 11.8 Å². The molecule has 1 aromatic carbocycles. The second-order valence-electron chi connectivity index (χ2n) is 3.35. The molecule has 1 aromatic rings. The lowest BCUT2D eigenvalue weighted by molar-refractivity contribution is -0.118. The lowest BCUT2D eigenvalue weighted by Gasteiger charge is -2.18. The van der Waals surface area contributed by atoms with Crippen LogP contribution in [0.2, 0.25) is 5.02 Å². The summed E-state index contributed by atoms with van der Waals surface area (Å²) in [6, 6.07) is 5.74. The fraction of sp³-hybridized carbons (Fsp3) is 0.300. The highest BCUT2D eigenvalue weighted by atomic mass is 35.5. The molecular formula is C10H13ClN2O3S. The fourth-order valence-electron chi connectivity index (χ4n) is 1.30. The third kappa shape index (κ3) is 3.42. The van der Waals surface area contributed by atoms with Crippen LogP contribution in [0.25, 0.3) is 0 Å². The number of halogens is 1. The number of nitrogens with zero attached hydrogens (tertiary/aromatic N) is 1. The molecule has 1 rings (SSSR count). The second kappa shape index (κ2) is 5.48. The lowest BCUT2D eigenvalue weighted by atomic mass is 10.4. The van der Waals surface area contributed by atoms with Crippen molar-refractivity contribution in [2.75, 3.05) is 13.1 Å². The first kappa shape index (κ1) is 14.0. The van der Waals surface area contributed by atoms with E-state index in [9.17, 15) is 13.2 Å². The molecule has 7 heteroatoms. The SMILES string of the molecule is CCN(CC(N)=O)S(=O)(=O)c1ccc(Cl)cc1. The van der Waals surface area contributed by atoms with Gasteiger partial charge in [-0.2, -0.15) is 4.31 Å². The number of hydrogen-bond acceptors (Lipinski definition) is 3. The van der Waals surface area contributed by atoms with Crippen molar-refractivity contribution >= 4 is 27.5 Å². The number of sulfonamides is 1. The number of nitrogens with two attached hydrogens (primary N) is 1. The number of rotatable bonds is 5. The van der Waals surface area contributed by atoms with Gasteiger partial charge in [-0.05, 0) is 24.3 Å². The largest absolute Gasteiger partial charge is 0.369 e. The lowest BCUT2D eigenvalue weighted by Crippen LogP contribution is -2.38. The van der Waals surface area contributed by atoms with Crippen molar-refractivity contribution in [2.24, 2.45) is 5.73 Å². The van der Waals surface area contributed by atoms with E-state index in [4.69, 9.17) is 17.3 Å². The van der Waals surface area contributed by atoms with Crippen LogP contribution in [0.1, 0.15) is 6.92 Å². The summed E-state index contributed by atoms with van der Waals surface area (Å²) in [5.41, 5.74) is 5.00. The molecule has 5 nitrogen and oxygen atoms in total. The van der Waals surface area contributed by atoms with E-state index in [1.807, 2.05) is 0 Å². The number of amides is 1. The van der Waals surface area contributed by atoms with E-state index in [0.29, 0.717) is 5.02 Å². The van der Waals surface area contributed by atoms with Crippen molar-refractivity contribution in [1.82, 2.24) is 4.31 Å². The van der Waals surface area contributed by atoms with Crippen LogP contribution < -0.4 is 5.73 Å². The summed E-state index contributed by atoms with van der Waals surface area (Å²) < 4.78 is 25.2. The highest BCUT2D eigenvalue weighted by Crippen LogP contribution is 2.17. The van der Waals surface area contributed by atoms with Crippen LogP contribution in [-0.4, -0.2) is 31.7 Å². The smallest absolute Gasteiger partial charge is 0.243 e. The molecule has 0 atom stereocenters. The molecular weight excluding hydrogens is 264 g/mol. The number of carbonyl (C=O) groups is 1. The van der Waals surface area contributed by atoms with Crippen LogP contribution in [0.4, 0.5) is 0 Å².